The smallest absolute Gasteiger partial charge is 0.310 e. The molecule has 0 rings (SSSR count). The molecule has 262 valence electrons. The van der Waals surface area contributed by atoms with E-state index in [1.807, 2.05) is 6.92 Å². The maximum atomic E-state index is 13.2. The van der Waals surface area contributed by atoms with Gasteiger partial charge >= 0.3 is 11.9 Å². The van der Waals surface area contributed by atoms with Crippen molar-refractivity contribution >= 4 is 11.9 Å². The van der Waals surface area contributed by atoms with Crippen LogP contribution in [0.15, 0.2) is 0 Å². The third-order valence-corrected chi connectivity index (χ3v) is 9.01. The number of carbonyl (C=O) groups is 2. The van der Waals surface area contributed by atoms with Gasteiger partial charge in [-0.3, -0.25) is 9.59 Å². The summed E-state index contributed by atoms with van der Waals surface area (Å²) < 4.78 is 11.7. The van der Waals surface area contributed by atoms with Crippen LogP contribution in [0.5, 0.6) is 0 Å². The molecule has 0 heterocycles. The van der Waals surface area contributed by atoms with Crippen LogP contribution in [0.4, 0.5) is 0 Å². The van der Waals surface area contributed by atoms with Gasteiger partial charge in [0.1, 0.15) is 13.5 Å². The van der Waals surface area contributed by atoms with Crippen molar-refractivity contribution in [2.24, 2.45) is 11.8 Å². The lowest BCUT2D eigenvalue weighted by atomic mass is 9.94. The average molecular weight is 626 g/mol. The second kappa shape index (κ2) is 31.8. The van der Waals surface area contributed by atoms with Gasteiger partial charge in [-0.1, -0.05) is 163 Å². The van der Waals surface area contributed by atoms with Crippen molar-refractivity contribution in [2.45, 2.75) is 201 Å². The van der Waals surface area contributed by atoms with Crippen LogP contribution in [0, 0.1) is 11.8 Å². The Morgan fingerprint density at radius 1 is 0.500 bits per heavy atom. The molecule has 0 amide bonds. The Balaban J connectivity index is 5.09. The van der Waals surface area contributed by atoms with Gasteiger partial charge in [0.2, 0.25) is 0 Å². The lowest BCUT2D eigenvalue weighted by molar-refractivity contribution is -0.164. The minimum Gasteiger partial charge on any atom is -0.449 e. The van der Waals surface area contributed by atoms with E-state index in [9.17, 15) is 14.7 Å². The second-order valence-corrected chi connectivity index (χ2v) is 13.3. The van der Waals surface area contributed by atoms with Gasteiger partial charge in [-0.2, -0.15) is 0 Å². The molecule has 0 aromatic carbocycles. The van der Waals surface area contributed by atoms with E-state index in [2.05, 4.69) is 27.7 Å². The van der Waals surface area contributed by atoms with E-state index >= 15 is 0 Å². The molecule has 0 aromatic rings. The van der Waals surface area contributed by atoms with Crippen LogP contribution >= 0.6 is 0 Å². The molecule has 0 aliphatic rings. The Hall–Kier alpha value is -1.14. The summed E-state index contributed by atoms with van der Waals surface area (Å²) in [5.74, 6) is -0.449. The summed E-state index contributed by atoms with van der Waals surface area (Å²) in [7, 11) is 0. The molecule has 0 spiro atoms. The fourth-order valence-electron chi connectivity index (χ4n) is 5.85. The van der Waals surface area contributed by atoms with Crippen LogP contribution in [0.3, 0.4) is 0 Å². The normalized spacial score (nSPS) is 13.6. The molecule has 0 fully saturated rings. The molecular formula is C38H75NO5. The van der Waals surface area contributed by atoms with Crippen LogP contribution < -0.4 is 0 Å². The number of hydrogen-bond acceptors (Lipinski definition) is 6. The van der Waals surface area contributed by atoms with Crippen molar-refractivity contribution < 1.29 is 24.2 Å². The van der Waals surface area contributed by atoms with Crippen LogP contribution in [0.2, 0.25) is 0 Å². The van der Waals surface area contributed by atoms with E-state index in [4.69, 9.17) is 9.47 Å². The molecule has 0 radical (unpaired) electrons. The summed E-state index contributed by atoms with van der Waals surface area (Å²) in [4.78, 5) is 28.3. The zero-order chi connectivity index (χ0) is 32.7. The van der Waals surface area contributed by atoms with Crippen molar-refractivity contribution in [2.75, 3.05) is 20.0 Å². The number of aliphatic hydroxyl groups is 1. The van der Waals surface area contributed by atoms with E-state index < -0.39 is 6.10 Å². The third-order valence-electron chi connectivity index (χ3n) is 9.01. The summed E-state index contributed by atoms with van der Waals surface area (Å²) >= 11 is 0. The minimum absolute atomic E-state index is 0.0454. The monoisotopic (exact) mass is 626 g/mol. The zero-order valence-electron chi connectivity index (χ0n) is 30.1. The summed E-state index contributed by atoms with van der Waals surface area (Å²) in [6, 6.07) is 0. The summed E-state index contributed by atoms with van der Waals surface area (Å²) in [5, 5.41) is 10.4. The molecule has 0 saturated carbocycles. The Bertz CT molecular complexity index is 595. The molecule has 1 N–H and O–H groups in total. The molecule has 0 aliphatic carbocycles. The molecular weight excluding hydrogens is 550 g/mol. The zero-order valence-corrected chi connectivity index (χ0v) is 30.1. The van der Waals surface area contributed by atoms with Crippen LogP contribution in [0.1, 0.15) is 195 Å². The highest BCUT2D eigenvalue weighted by Gasteiger charge is 2.24. The maximum absolute atomic E-state index is 13.2. The van der Waals surface area contributed by atoms with Crippen LogP contribution in [-0.4, -0.2) is 48.1 Å². The van der Waals surface area contributed by atoms with Gasteiger partial charge in [0.15, 0.2) is 0 Å². The minimum atomic E-state index is -0.562. The number of aliphatic hydroxyl groups excluding tert-OH is 1. The summed E-state index contributed by atoms with van der Waals surface area (Å²) in [5.41, 5.74) is 0. The van der Waals surface area contributed by atoms with E-state index in [1.54, 1.807) is 4.90 Å². The lowest BCUT2D eigenvalue weighted by Crippen LogP contribution is -2.38. The number of rotatable bonds is 33. The average Bonchev–Trinajstić information content (AvgIpc) is 3.03. The first kappa shape index (κ1) is 42.9. The Kier molecular flexibility index (Phi) is 31.0. The topological polar surface area (TPSA) is 76.1 Å². The fraction of sp³-hybridized carbons (Fsp3) is 0.947. The molecule has 3 unspecified atom stereocenters. The Labute approximate surface area is 273 Å². The van der Waals surface area contributed by atoms with Crippen molar-refractivity contribution in [3.8, 4) is 0 Å². The first-order chi connectivity index (χ1) is 21.4. The van der Waals surface area contributed by atoms with Gasteiger partial charge in [0, 0.05) is 6.54 Å². The first-order valence-electron chi connectivity index (χ1n) is 19.2. The highest BCUT2D eigenvalue weighted by atomic mass is 16.6. The number of hydrogen-bond donors (Lipinski definition) is 1. The number of esters is 2. The summed E-state index contributed by atoms with van der Waals surface area (Å²) in [6.45, 7) is 11.2. The SMILES string of the molecule is CCCCCCCCC(CCCCCC)C(=O)OCN(COC(=O)C(CCCCCC)CCCCCCCC)CC(O)CC. The van der Waals surface area contributed by atoms with Gasteiger partial charge in [-0.25, -0.2) is 4.90 Å². The third kappa shape index (κ3) is 25.1. The molecule has 6 heteroatoms. The molecule has 44 heavy (non-hydrogen) atoms. The predicted octanol–water partition coefficient (Wildman–Crippen LogP) is 10.7. The van der Waals surface area contributed by atoms with Gasteiger partial charge in [0.05, 0.1) is 17.9 Å². The van der Waals surface area contributed by atoms with Gasteiger partial charge < -0.3 is 14.6 Å². The van der Waals surface area contributed by atoms with Gasteiger partial charge in [-0.05, 0) is 32.1 Å². The quantitative estimate of drug-likeness (QED) is 0.0444. The summed E-state index contributed by atoms with van der Waals surface area (Å²) in [6.07, 6.45) is 27.2. The van der Waals surface area contributed by atoms with Crippen molar-refractivity contribution in [1.29, 1.82) is 0 Å². The second-order valence-electron chi connectivity index (χ2n) is 13.3. The largest absolute Gasteiger partial charge is 0.449 e. The molecule has 0 aliphatic heterocycles. The molecule has 0 aromatic heterocycles. The maximum Gasteiger partial charge on any atom is 0.310 e. The van der Waals surface area contributed by atoms with Gasteiger partial charge in [-0.15, -0.1) is 0 Å². The Morgan fingerprint density at radius 3 is 1.11 bits per heavy atom. The Morgan fingerprint density at radius 2 is 0.795 bits per heavy atom. The highest BCUT2D eigenvalue weighted by molar-refractivity contribution is 5.72. The van der Waals surface area contributed by atoms with E-state index in [-0.39, 0.29) is 37.2 Å². The van der Waals surface area contributed by atoms with Crippen LogP contribution in [0.25, 0.3) is 0 Å². The van der Waals surface area contributed by atoms with Crippen molar-refractivity contribution in [1.82, 2.24) is 4.90 Å². The molecule has 0 bridgehead atoms. The van der Waals surface area contributed by atoms with Gasteiger partial charge in [0.25, 0.3) is 0 Å². The van der Waals surface area contributed by atoms with Crippen molar-refractivity contribution in [3.63, 3.8) is 0 Å². The number of nitrogens with zero attached hydrogens (tertiary/aromatic N) is 1. The van der Waals surface area contributed by atoms with Crippen molar-refractivity contribution in [3.05, 3.63) is 0 Å². The predicted molar refractivity (Wildman–Crippen MR) is 185 cm³/mol. The molecule has 0 saturated heterocycles. The van der Waals surface area contributed by atoms with E-state index in [0.29, 0.717) is 13.0 Å². The van der Waals surface area contributed by atoms with Crippen LogP contribution in [-0.2, 0) is 19.1 Å². The standard InChI is InChI=1S/C38H75NO5/c1-6-11-15-19-21-25-29-34(27-23-17-13-8-3)37(41)43-32-39(31-36(40)10-5)33-44-38(42)35(28-24-18-14-9-4)30-26-22-20-16-12-7-2/h34-36,40H,6-33H2,1-5H3. The first-order valence-corrected chi connectivity index (χ1v) is 19.2. The molecule has 6 nitrogen and oxygen atoms in total. The number of ether oxygens (including phenoxy) is 2. The number of carbonyl (C=O) groups excluding carboxylic acids is 2. The molecule has 3 atom stereocenters. The number of unbranched alkanes of at least 4 members (excludes halogenated alkanes) is 16. The van der Waals surface area contributed by atoms with E-state index in [1.165, 1.54) is 89.9 Å². The van der Waals surface area contributed by atoms with E-state index in [0.717, 1.165) is 64.2 Å². The lowest BCUT2D eigenvalue weighted by Gasteiger charge is -2.26. The fourth-order valence-corrected chi connectivity index (χ4v) is 5.85. The highest BCUT2D eigenvalue weighted by Crippen LogP contribution is 2.22.